The summed E-state index contributed by atoms with van der Waals surface area (Å²) in [7, 11) is 0. The Morgan fingerprint density at radius 1 is 1.13 bits per heavy atom. The molecule has 39 heavy (non-hydrogen) atoms. The maximum atomic E-state index is 12.6. The zero-order chi connectivity index (χ0) is 28.2. The van der Waals surface area contributed by atoms with Crippen LogP contribution in [0.2, 0.25) is 0 Å². The molecule has 0 spiro atoms. The van der Waals surface area contributed by atoms with Gasteiger partial charge >= 0.3 is 12.1 Å². The van der Waals surface area contributed by atoms with Crippen LogP contribution in [0.1, 0.15) is 64.0 Å². The van der Waals surface area contributed by atoms with E-state index in [1.54, 1.807) is 4.90 Å². The molecule has 0 radical (unpaired) electrons. The summed E-state index contributed by atoms with van der Waals surface area (Å²) in [5.41, 5.74) is 3.05. The average molecular weight is 536 g/mol. The number of hydrogen-bond acceptors (Lipinski definition) is 7. The van der Waals surface area contributed by atoms with Crippen LogP contribution in [-0.4, -0.2) is 51.9 Å². The Balaban J connectivity index is 1.41. The molecule has 0 unspecified atom stereocenters. The Morgan fingerprint density at radius 3 is 2.54 bits per heavy atom. The summed E-state index contributed by atoms with van der Waals surface area (Å²) in [6.07, 6.45) is -0.445. The number of carbonyl (C=O) groups is 2. The number of likely N-dealkylation sites (tertiary alicyclic amines) is 1. The minimum absolute atomic E-state index is 0.0365. The van der Waals surface area contributed by atoms with Crippen LogP contribution in [0, 0.1) is 11.8 Å². The number of hydrogen-bond donors (Lipinski definition) is 1. The van der Waals surface area contributed by atoms with Gasteiger partial charge in [0.15, 0.2) is 6.61 Å². The fourth-order valence-electron chi connectivity index (χ4n) is 4.69. The lowest BCUT2D eigenvalue weighted by Crippen LogP contribution is -2.30. The minimum atomic E-state index is -0.893. The molecule has 2 aromatic carbocycles. The van der Waals surface area contributed by atoms with Gasteiger partial charge in [0, 0.05) is 24.6 Å². The smallest absolute Gasteiger partial charge is 0.409 e. The predicted molar refractivity (Wildman–Crippen MR) is 145 cm³/mol. The third-order valence-electron chi connectivity index (χ3n) is 6.80. The zero-order valence-corrected chi connectivity index (χ0v) is 23.2. The van der Waals surface area contributed by atoms with Gasteiger partial charge in [-0.3, -0.25) is 4.79 Å². The first-order chi connectivity index (χ1) is 18.5. The van der Waals surface area contributed by atoms with E-state index in [-0.39, 0.29) is 36.2 Å². The number of aromatic nitrogens is 2. The Kier molecular flexibility index (Phi) is 8.57. The van der Waals surface area contributed by atoms with Gasteiger partial charge in [-0.15, -0.1) is 0 Å². The van der Waals surface area contributed by atoms with E-state index in [4.69, 9.17) is 14.0 Å². The molecule has 1 N–H and O–H groups in total. The van der Waals surface area contributed by atoms with Gasteiger partial charge in [-0.1, -0.05) is 76.2 Å². The molecule has 9 heteroatoms. The molecule has 1 aliphatic heterocycles. The van der Waals surface area contributed by atoms with Crippen LogP contribution in [0.5, 0.6) is 5.75 Å². The number of rotatable bonds is 9. The number of carboxylic acid groups (broad SMARTS) is 1. The standard InChI is InChI=1S/C30H37N3O6/c1-19(2)17-38-29(36)33-15-22(14-27(34)35)25(16-33)21-7-6-8-24(13-21)37-18-26-31-28(32-39-26)20-9-11-23(12-10-20)30(3,4)5/h6-13,19,22,25H,14-18H2,1-5H3,(H,34,35)/t22-,25-/m0/s1. The van der Waals surface area contributed by atoms with E-state index in [0.717, 1.165) is 11.1 Å². The number of aliphatic carboxylic acids is 1. The monoisotopic (exact) mass is 535 g/mol. The first-order valence-electron chi connectivity index (χ1n) is 13.3. The highest BCUT2D eigenvalue weighted by Crippen LogP contribution is 2.36. The fraction of sp³-hybridized carbons (Fsp3) is 0.467. The number of nitrogens with zero attached hydrogens (tertiary/aromatic N) is 3. The van der Waals surface area contributed by atoms with Gasteiger partial charge in [0.1, 0.15) is 5.75 Å². The molecule has 1 aliphatic rings. The summed E-state index contributed by atoms with van der Waals surface area (Å²) < 4.78 is 16.7. The molecule has 2 heterocycles. The van der Waals surface area contributed by atoms with Gasteiger partial charge < -0.3 is 24.0 Å². The first-order valence-corrected chi connectivity index (χ1v) is 13.3. The van der Waals surface area contributed by atoms with E-state index >= 15 is 0 Å². The summed E-state index contributed by atoms with van der Waals surface area (Å²) in [4.78, 5) is 30.2. The second-order valence-corrected chi connectivity index (χ2v) is 11.5. The van der Waals surface area contributed by atoms with Crippen molar-refractivity contribution >= 4 is 12.1 Å². The molecule has 2 atom stereocenters. The summed E-state index contributed by atoms with van der Waals surface area (Å²) in [5, 5.41) is 13.5. The molecular formula is C30H37N3O6. The van der Waals surface area contributed by atoms with Crippen LogP contribution in [0.15, 0.2) is 53.1 Å². The Bertz CT molecular complexity index is 1280. The molecule has 0 aliphatic carbocycles. The predicted octanol–water partition coefficient (Wildman–Crippen LogP) is 5.90. The molecule has 0 bridgehead atoms. The van der Waals surface area contributed by atoms with Gasteiger partial charge in [0.2, 0.25) is 5.82 Å². The second-order valence-electron chi connectivity index (χ2n) is 11.5. The highest BCUT2D eigenvalue weighted by atomic mass is 16.6. The second kappa shape index (κ2) is 11.9. The van der Waals surface area contributed by atoms with Crippen molar-refractivity contribution in [2.45, 2.75) is 59.0 Å². The van der Waals surface area contributed by atoms with Crippen molar-refractivity contribution in [2.75, 3.05) is 19.7 Å². The highest BCUT2D eigenvalue weighted by Gasteiger charge is 2.38. The molecule has 4 rings (SSSR count). The molecule has 0 saturated carbocycles. The minimum Gasteiger partial charge on any atom is -0.484 e. The lowest BCUT2D eigenvalue weighted by atomic mass is 9.87. The SMILES string of the molecule is CC(C)COC(=O)N1C[C@H](CC(=O)O)[C@H](c2cccc(OCc3nc(-c4ccc(C(C)(C)C)cc4)no3)c2)C1. The van der Waals surface area contributed by atoms with E-state index in [9.17, 15) is 14.7 Å². The van der Waals surface area contributed by atoms with E-state index in [2.05, 4.69) is 43.0 Å². The van der Waals surface area contributed by atoms with Crippen molar-refractivity contribution in [2.24, 2.45) is 11.8 Å². The summed E-state index contributed by atoms with van der Waals surface area (Å²) in [6.45, 7) is 11.6. The van der Waals surface area contributed by atoms with Crippen LogP contribution in [0.25, 0.3) is 11.4 Å². The van der Waals surface area contributed by atoms with Gasteiger partial charge in [0.05, 0.1) is 13.0 Å². The third-order valence-corrected chi connectivity index (χ3v) is 6.80. The maximum absolute atomic E-state index is 12.6. The molecule has 208 valence electrons. The van der Waals surface area contributed by atoms with E-state index in [1.807, 2.05) is 50.2 Å². The molecule has 3 aromatic rings. The van der Waals surface area contributed by atoms with E-state index in [1.165, 1.54) is 5.56 Å². The molecule has 1 fully saturated rings. The van der Waals surface area contributed by atoms with Crippen molar-refractivity contribution < 1.29 is 28.7 Å². The lowest BCUT2D eigenvalue weighted by molar-refractivity contribution is -0.138. The Hall–Kier alpha value is -3.88. The van der Waals surface area contributed by atoms with Crippen LogP contribution < -0.4 is 4.74 Å². The first kappa shape index (κ1) is 28.1. The third kappa shape index (κ3) is 7.37. The van der Waals surface area contributed by atoms with E-state index in [0.29, 0.717) is 37.2 Å². The van der Waals surface area contributed by atoms with Gasteiger partial charge in [0.25, 0.3) is 5.89 Å². The van der Waals surface area contributed by atoms with Crippen molar-refractivity contribution in [3.63, 3.8) is 0 Å². The van der Waals surface area contributed by atoms with Crippen molar-refractivity contribution in [3.8, 4) is 17.1 Å². The summed E-state index contributed by atoms with van der Waals surface area (Å²) >= 11 is 0. The van der Waals surface area contributed by atoms with Crippen molar-refractivity contribution in [1.82, 2.24) is 15.0 Å². The van der Waals surface area contributed by atoms with Gasteiger partial charge in [-0.2, -0.15) is 4.98 Å². The molecular weight excluding hydrogens is 498 g/mol. The number of ether oxygens (including phenoxy) is 2. The number of carboxylic acids is 1. The average Bonchev–Trinajstić information content (AvgIpc) is 3.53. The van der Waals surface area contributed by atoms with Crippen LogP contribution >= 0.6 is 0 Å². The van der Waals surface area contributed by atoms with Gasteiger partial charge in [-0.25, -0.2) is 4.79 Å². The molecule has 1 saturated heterocycles. The number of amides is 1. The van der Waals surface area contributed by atoms with Crippen molar-refractivity contribution in [3.05, 3.63) is 65.5 Å². The Morgan fingerprint density at radius 2 is 1.87 bits per heavy atom. The van der Waals surface area contributed by atoms with Crippen LogP contribution in [0.4, 0.5) is 4.79 Å². The largest absolute Gasteiger partial charge is 0.484 e. The highest BCUT2D eigenvalue weighted by molar-refractivity contribution is 5.70. The summed E-state index contributed by atoms with van der Waals surface area (Å²) in [6, 6.07) is 15.6. The van der Waals surface area contributed by atoms with E-state index < -0.39 is 12.1 Å². The lowest BCUT2D eigenvalue weighted by Gasteiger charge is -2.18. The Labute approximate surface area is 229 Å². The molecule has 1 aromatic heterocycles. The molecule has 9 nitrogen and oxygen atoms in total. The van der Waals surface area contributed by atoms with Crippen LogP contribution in [-0.2, 0) is 21.6 Å². The van der Waals surface area contributed by atoms with Gasteiger partial charge in [-0.05, 0) is 40.5 Å². The normalized spacial score (nSPS) is 17.4. The quantitative estimate of drug-likeness (QED) is 0.360. The van der Waals surface area contributed by atoms with Crippen molar-refractivity contribution in [1.29, 1.82) is 0 Å². The fourth-order valence-corrected chi connectivity index (χ4v) is 4.69. The molecule has 1 amide bonds. The maximum Gasteiger partial charge on any atom is 0.409 e. The topological polar surface area (TPSA) is 115 Å². The number of benzene rings is 2. The number of carbonyl (C=O) groups excluding carboxylic acids is 1. The summed E-state index contributed by atoms with van der Waals surface area (Å²) in [5.74, 6) is 0.384. The zero-order valence-electron chi connectivity index (χ0n) is 23.2. The van der Waals surface area contributed by atoms with Crippen LogP contribution in [0.3, 0.4) is 0 Å².